The van der Waals surface area contributed by atoms with E-state index in [1.807, 2.05) is 30.1 Å². The number of benzene rings is 1. The van der Waals surface area contributed by atoms with E-state index in [1.54, 1.807) is 19.5 Å². The fourth-order valence-electron chi connectivity index (χ4n) is 2.00. The second-order valence-corrected chi connectivity index (χ2v) is 4.86. The lowest BCUT2D eigenvalue weighted by molar-refractivity contribution is 0.396. The van der Waals surface area contributed by atoms with Gasteiger partial charge in [-0.05, 0) is 17.7 Å². The van der Waals surface area contributed by atoms with Crippen molar-refractivity contribution in [3.8, 4) is 5.88 Å². The van der Waals surface area contributed by atoms with E-state index < -0.39 is 0 Å². The van der Waals surface area contributed by atoms with Crippen LogP contribution >= 0.6 is 11.7 Å². The maximum atomic E-state index is 5.23. The topological polar surface area (TPSA) is 64.0 Å². The van der Waals surface area contributed by atoms with Crippen molar-refractivity contribution >= 4 is 28.6 Å². The first-order valence-corrected chi connectivity index (χ1v) is 6.78. The summed E-state index contributed by atoms with van der Waals surface area (Å²) in [6, 6.07) is 6.07. The van der Waals surface area contributed by atoms with E-state index in [0.29, 0.717) is 18.2 Å². The van der Waals surface area contributed by atoms with E-state index in [9.17, 15) is 0 Å². The minimum atomic E-state index is 0.520. The first-order valence-electron chi connectivity index (χ1n) is 6.05. The standard InChI is InChI=1S/C13H13N5OS/c1-18(12-13(19-2)15-6-5-14-12)8-9-3-4-10-11(7-9)17-20-16-10/h3-7H,8H2,1-2H3. The molecule has 0 bridgehead atoms. The fraction of sp³-hybridized carbons (Fsp3) is 0.231. The van der Waals surface area contributed by atoms with Crippen LogP contribution in [0.25, 0.3) is 11.0 Å². The van der Waals surface area contributed by atoms with E-state index >= 15 is 0 Å². The van der Waals surface area contributed by atoms with Crippen molar-refractivity contribution in [3.05, 3.63) is 36.2 Å². The van der Waals surface area contributed by atoms with E-state index in [2.05, 4.69) is 18.7 Å². The molecular formula is C13H13N5OS. The highest BCUT2D eigenvalue weighted by Gasteiger charge is 2.11. The SMILES string of the molecule is COc1nccnc1N(C)Cc1ccc2nsnc2c1. The number of methoxy groups -OCH3 is 1. The maximum absolute atomic E-state index is 5.23. The molecule has 7 heteroatoms. The van der Waals surface area contributed by atoms with Crippen LogP contribution in [0.15, 0.2) is 30.6 Å². The predicted octanol–water partition coefficient (Wildman–Crippen LogP) is 2.13. The third kappa shape index (κ3) is 2.39. The Bertz CT molecular complexity index is 729. The van der Waals surface area contributed by atoms with Gasteiger partial charge in [0.2, 0.25) is 0 Å². The van der Waals surface area contributed by atoms with Crippen molar-refractivity contribution in [1.29, 1.82) is 0 Å². The van der Waals surface area contributed by atoms with Crippen LogP contribution in [0.3, 0.4) is 0 Å². The third-order valence-electron chi connectivity index (χ3n) is 2.94. The van der Waals surface area contributed by atoms with Gasteiger partial charge in [0.1, 0.15) is 11.0 Å². The number of ether oxygens (including phenoxy) is 1. The maximum Gasteiger partial charge on any atom is 0.257 e. The molecule has 0 saturated heterocycles. The summed E-state index contributed by atoms with van der Waals surface area (Å²) in [5, 5.41) is 0. The lowest BCUT2D eigenvalue weighted by Gasteiger charge is -2.19. The second-order valence-electron chi connectivity index (χ2n) is 4.33. The molecule has 0 amide bonds. The van der Waals surface area contributed by atoms with Crippen LogP contribution in [0.2, 0.25) is 0 Å². The zero-order chi connectivity index (χ0) is 13.9. The molecule has 0 atom stereocenters. The molecule has 2 aromatic heterocycles. The minimum Gasteiger partial charge on any atom is -0.478 e. The molecule has 1 aromatic carbocycles. The van der Waals surface area contributed by atoms with E-state index in [-0.39, 0.29) is 0 Å². The van der Waals surface area contributed by atoms with Crippen molar-refractivity contribution in [2.45, 2.75) is 6.54 Å². The van der Waals surface area contributed by atoms with Crippen molar-refractivity contribution in [1.82, 2.24) is 18.7 Å². The van der Waals surface area contributed by atoms with Gasteiger partial charge in [-0.2, -0.15) is 8.75 Å². The lowest BCUT2D eigenvalue weighted by Crippen LogP contribution is -2.18. The van der Waals surface area contributed by atoms with Crippen LogP contribution < -0.4 is 9.64 Å². The van der Waals surface area contributed by atoms with Gasteiger partial charge in [-0.15, -0.1) is 0 Å². The molecule has 0 fully saturated rings. The fourth-order valence-corrected chi connectivity index (χ4v) is 2.52. The number of rotatable bonds is 4. The smallest absolute Gasteiger partial charge is 0.257 e. The van der Waals surface area contributed by atoms with Crippen molar-refractivity contribution in [2.75, 3.05) is 19.1 Å². The summed E-state index contributed by atoms with van der Waals surface area (Å²) in [6.45, 7) is 0.697. The minimum absolute atomic E-state index is 0.520. The van der Waals surface area contributed by atoms with Gasteiger partial charge in [-0.3, -0.25) is 0 Å². The van der Waals surface area contributed by atoms with Crippen LogP contribution in [0.1, 0.15) is 5.56 Å². The van der Waals surface area contributed by atoms with Crippen molar-refractivity contribution in [3.63, 3.8) is 0 Å². The molecule has 0 radical (unpaired) electrons. The summed E-state index contributed by atoms with van der Waals surface area (Å²) >= 11 is 1.23. The van der Waals surface area contributed by atoms with Gasteiger partial charge in [-0.1, -0.05) is 6.07 Å². The average molecular weight is 287 g/mol. The highest BCUT2D eigenvalue weighted by Crippen LogP contribution is 2.23. The number of nitrogens with zero attached hydrogens (tertiary/aromatic N) is 5. The Morgan fingerprint density at radius 3 is 2.80 bits per heavy atom. The van der Waals surface area contributed by atoms with Gasteiger partial charge in [-0.25, -0.2) is 9.97 Å². The molecule has 0 aliphatic carbocycles. The Labute approximate surface area is 120 Å². The average Bonchev–Trinajstić information content (AvgIpc) is 2.94. The number of aromatic nitrogens is 4. The summed E-state index contributed by atoms with van der Waals surface area (Å²) in [5.74, 6) is 1.23. The largest absolute Gasteiger partial charge is 0.478 e. The molecule has 0 N–H and O–H groups in total. The Balaban J connectivity index is 1.86. The Morgan fingerprint density at radius 2 is 1.95 bits per heavy atom. The van der Waals surface area contributed by atoms with Crippen LogP contribution in [0.5, 0.6) is 5.88 Å². The summed E-state index contributed by atoms with van der Waals surface area (Å²) < 4.78 is 13.7. The molecule has 2 heterocycles. The summed E-state index contributed by atoms with van der Waals surface area (Å²) in [5.41, 5.74) is 2.99. The van der Waals surface area contributed by atoms with E-state index in [1.165, 1.54) is 11.7 Å². The zero-order valence-corrected chi connectivity index (χ0v) is 12.0. The summed E-state index contributed by atoms with van der Waals surface area (Å²) in [4.78, 5) is 10.5. The quantitative estimate of drug-likeness (QED) is 0.732. The first kappa shape index (κ1) is 12.7. The molecule has 0 aliphatic heterocycles. The van der Waals surface area contributed by atoms with Crippen molar-refractivity contribution in [2.24, 2.45) is 0 Å². The van der Waals surface area contributed by atoms with Crippen LogP contribution in [0.4, 0.5) is 5.82 Å². The molecule has 20 heavy (non-hydrogen) atoms. The highest BCUT2D eigenvalue weighted by molar-refractivity contribution is 7.00. The predicted molar refractivity (Wildman–Crippen MR) is 78.1 cm³/mol. The third-order valence-corrected chi connectivity index (χ3v) is 3.50. The van der Waals surface area contributed by atoms with E-state index in [0.717, 1.165) is 16.6 Å². The number of anilines is 1. The van der Waals surface area contributed by atoms with Gasteiger partial charge in [0.25, 0.3) is 5.88 Å². The number of hydrogen-bond acceptors (Lipinski definition) is 7. The van der Waals surface area contributed by atoms with Crippen LogP contribution in [0, 0.1) is 0 Å². The molecule has 0 spiro atoms. The first-order chi connectivity index (χ1) is 9.78. The molecule has 3 rings (SSSR count). The molecule has 0 saturated carbocycles. The Hall–Kier alpha value is -2.28. The molecule has 102 valence electrons. The summed E-state index contributed by atoms with van der Waals surface area (Å²) in [7, 11) is 3.55. The highest BCUT2D eigenvalue weighted by atomic mass is 32.1. The molecule has 0 aliphatic rings. The van der Waals surface area contributed by atoms with Gasteiger partial charge < -0.3 is 9.64 Å². The van der Waals surface area contributed by atoms with Crippen molar-refractivity contribution < 1.29 is 4.74 Å². The van der Waals surface area contributed by atoms with Gasteiger partial charge in [0.05, 0.1) is 18.8 Å². The zero-order valence-electron chi connectivity index (χ0n) is 11.1. The number of hydrogen-bond donors (Lipinski definition) is 0. The number of fused-ring (bicyclic) bond motifs is 1. The van der Waals surface area contributed by atoms with Gasteiger partial charge >= 0.3 is 0 Å². The molecular weight excluding hydrogens is 274 g/mol. The Morgan fingerprint density at radius 1 is 1.15 bits per heavy atom. The van der Waals surface area contributed by atoms with Crippen LogP contribution in [-0.2, 0) is 6.54 Å². The monoisotopic (exact) mass is 287 g/mol. The Kier molecular flexibility index (Phi) is 3.42. The molecule has 6 nitrogen and oxygen atoms in total. The summed E-state index contributed by atoms with van der Waals surface area (Å²) in [6.07, 6.45) is 3.27. The molecule has 3 aromatic rings. The second kappa shape index (κ2) is 5.38. The van der Waals surface area contributed by atoms with Gasteiger partial charge in [0, 0.05) is 26.0 Å². The van der Waals surface area contributed by atoms with Crippen LogP contribution in [-0.4, -0.2) is 32.9 Å². The lowest BCUT2D eigenvalue weighted by atomic mass is 10.2. The van der Waals surface area contributed by atoms with E-state index in [4.69, 9.17) is 4.74 Å². The molecule has 0 unspecified atom stereocenters. The van der Waals surface area contributed by atoms with Gasteiger partial charge in [0.15, 0.2) is 5.82 Å². The normalized spacial score (nSPS) is 10.7.